The van der Waals surface area contributed by atoms with Crippen LogP contribution in [0, 0.1) is 6.92 Å². The van der Waals surface area contributed by atoms with E-state index in [0.717, 1.165) is 54.1 Å². The third kappa shape index (κ3) is 4.07. The van der Waals surface area contributed by atoms with Crippen LogP contribution in [-0.4, -0.2) is 42.2 Å². The Morgan fingerprint density at radius 2 is 1.77 bits per heavy atom. The molecule has 0 spiro atoms. The van der Waals surface area contributed by atoms with Crippen LogP contribution in [0.2, 0.25) is 0 Å². The first-order valence-electron chi connectivity index (χ1n) is 10.3. The Bertz CT molecular complexity index is 1020. The van der Waals surface area contributed by atoms with Crippen LogP contribution in [-0.2, 0) is 4.74 Å². The van der Waals surface area contributed by atoms with Gasteiger partial charge in [-0.1, -0.05) is 41.6 Å². The van der Waals surface area contributed by atoms with E-state index in [1.807, 2.05) is 31.3 Å². The van der Waals surface area contributed by atoms with Gasteiger partial charge >= 0.3 is 0 Å². The van der Waals surface area contributed by atoms with Crippen molar-refractivity contribution in [1.82, 2.24) is 4.98 Å². The molecule has 1 saturated heterocycles. The van der Waals surface area contributed by atoms with Gasteiger partial charge in [0.05, 0.1) is 24.8 Å². The van der Waals surface area contributed by atoms with Crippen molar-refractivity contribution in [3.63, 3.8) is 0 Å². The molecule has 1 unspecified atom stereocenters. The molecule has 3 aromatic rings. The number of aryl methyl sites for hydroxylation is 1. The van der Waals surface area contributed by atoms with Gasteiger partial charge in [-0.2, -0.15) is 0 Å². The number of nitrogens with zero attached hydrogens (tertiary/aromatic N) is 3. The molecule has 0 amide bonds. The molecule has 1 aliphatic heterocycles. The molecule has 0 radical (unpaired) electrons. The van der Waals surface area contributed by atoms with E-state index in [4.69, 9.17) is 4.74 Å². The van der Waals surface area contributed by atoms with Crippen LogP contribution in [0.3, 0.4) is 0 Å². The van der Waals surface area contributed by atoms with Crippen LogP contribution in [0.15, 0.2) is 72.1 Å². The fourth-order valence-corrected chi connectivity index (χ4v) is 4.16. The lowest BCUT2D eigenvalue weighted by molar-refractivity contribution is 0.122. The molecule has 0 saturated carbocycles. The molecule has 0 aliphatic carbocycles. The monoisotopic (exact) mass is 401 g/mol. The number of ether oxygens (including phenoxy) is 1. The molecule has 30 heavy (non-hydrogen) atoms. The quantitative estimate of drug-likeness (QED) is 0.376. The highest BCUT2D eigenvalue weighted by atomic mass is 16.5. The second-order valence-electron chi connectivity index (χ2n) is 7.64. The maximum atomic E-state index is 9.62. The number of rotatable bonds is 5. The second-order valence-corrected chi connectivity index (χ2v) is 7.64. The zero-order chi connectivity index (χ0) is 20.9. The van der Waals surface area contributed by atoms with Crippen molar-refractivity contribution >= 4 is 11.4 Å². The number of benzene rings is 2. The SMILES string of the molecule is CC(=NO)C(c1ccccc1C)c1ccncc1-c1ccc(N2CCOCC2)cc1. The molecule has 1 fully saturated rings. The first-order valence-corrected chi connectivity index (χ1v) is 10.3. The first-order chi connectivity index (χ1) is 14.7. The molecule has 1 N–H and O–H groups in total. The molecule has 4 rings (SSSR count). The van der Waals surface area contributed by atoms with E-state index in [1.54, 1.807) is 6.20 Å². The van der Waals surface area contributed by atoms with Crippen LogP contribution >= 0.6 is 0 Å². The molecular weight excluding hydrogens is 374 g/mol. The van der Waals surface area contributed by atoms with E-state index in [2.05, 4.69) is 58.4 Å². The van der Waals surface area contributed by atoms with Crippen molar-refractivity contribution in [3.8, 4) is 11.1 Å². The summed E-state index contributed by atoms with van der Waals surface area (Å²) in [7, 11) is 0. The Labute approximate surface area is 177 Å². The van der Waals surface area contributed by atoms with E-state index in [1.165, 1.54) is 5.69 Å². The van der Waals surface area contributed by atoms with E-state index in [-0.39, 0.29) is 5.92 Å². The maximum absolute atomic E-state index is 9.62. The van der Waals surface area contributed by atoms with Gasteiger partial charge in [-0.15, -0.1) is 0 Å². The number of hydrogen-bond donors (Lipinski definition) is 1. The Morgan fingerprint density at radius 1 is 1.03 bits per heavy atom. The van der Waals surface area contributed by atoms with Crippen LogP contribution in [0.25, 0.3) is 11.1 Å². The van der Waals surface area contributed by atoms with Crippen molar-refractivity contribution in [1.29, 1.82) is 0 Å². The van der Waals surface area contributed by atoms with Crippen LogP contribution in [0.1, 0.15) is 29.5 Å². The van der Waals surface area contributed by atoms with Gasteiger partial charge in [0, 0.05) is 36.7 Å². The van der Waals surface area contributed by atoms with Crippen molar-refractivity contribution < 1.29 is 9.94 Å². The molecule has 154 valence electrons. The summed E-state index contributed by atoms with van der Waals surface area (Å²) >= 11 is 0. The fourth-order valence-electron chi connectivity index (χ4n) is 4.16. The smallest absolute Gasteiger partial charge is 0.0658 e. The number of oxime groups is 1. The highest BCUT2D eigenvalue weighted by Gasteiger charge is 2.23. The fraction of sp³-hybridized carbons (Fsp3) is 0.280. The molecule has 2 aromatic carbocycles. The Hall–Kier alpha value is -3.18. The van der Waals surface area contributed by atoms with Crippen LogP contribution in [0.5, 0.6) is 0 Å². The van der Waals surface area contributed by atoms with E-state index in [9.17, 15) is 5.21 Å². The normalized spacial score (nSPS) is 15.8. The molecule has 1 atom stereocenters. The summed E-state index contributed by atoms with van der Waals surface area (Å²) in [6.07, 6.45) is 3.70. The number of morpholine rings is 1. The van der Waals surface area contributed by atoms with Gasteiger partial charge in [-0.25, -0.2) is 0 Å². The second kappa shape index (κ2) is 9.09. The zero-order valence-electron chi connectivity index (χ0n) is 17.5. The summed E-state index contributed by atoms with van der Waals surface area (Å²) in [4.78, 5) is 6.73. The van der Waals surface area contributed by atoms with E-state index < -0.39 is 0 Å². The summed E-state index contributed by atoms with van der Waals surface area (Å²) in [6, 6.07) is 18.9. The predicted molar refractivity (Wildman–Crippen MR) is 121 cm³/mol. The lowest BCUT2D eigenvalue weighted by Crippen LogP contribution is -2.36. The average Bonchev–Trinajstić information content (AvgIpc) is 2.81. The minimum Gasteiger partial charge on any atom is -0.411 e. The van der Waals surface area contributed by atoms with E-state index in [0.29, 0.717) is 5.71 Å². The predicted octanol–water partition coefficient (Wildman–Crippen LogP) is 4.88. The molecule has 0 bridgehead atoms. The number of anilines is 1. The topological polar surface area (TPSA) is 58.0 Å². The van der Waals surface area contributed by atoms with Crippen LogP contribution < -0.4 is 4.90 Å². The van der Waals surface area contributed by atoms with Gasteiger partial charge in [0.2, 0.25) is 0 Å². The molecule has 1 aromatic heterocycles. The van der Waals surface area contributed by atoms with Gasteiger partial charge in [-0.05, 0) is 54.3 Å². The highest BCUT2D eigenvalue weighted by molar-refractivity contribution is 5.93. The lowest BCUT2D eigenvalue weighted by Gasteiger charge is -2.29. The Balaban J connectivity index is 1.75. The van der Waals surface area contributed by atoms with Gasteiger partial charge in [-0.3, -0.25) is 4.98 Å². The zero-order valence-corrected chi connectivity index (χ0v) is 17.5. The Kier molecular flexibility index (Phi) is 6.10. The Morgan fingerprint density at radius 3 is 2.47 bits per heavy atom. The van der Waals surface area contributed by atoms with Crippen LogP contribution in [0.4, 0.5) is 5.69 Å². The largest absolute Gasteiger partial charge is 0.411 e. The van der Waals surface area contributed by atoms with Gasteiger partial charge < -0.3 is 14.8 Å². The van der Waals surface area contributed by atoms with Crippen molar-refractivity contribution in [2.75, 3.05) is 31.2 Å². The average molecular weight is 402 g/mol. The lowest BCUT2D eigenvalue weighted by atomic mass is 9.82. The number of pyridine rings is 1. The summed E-state index contributed by atoms with van der Waals surface area (Å²) < 4.78 is 5.46. The third-order valence-electron chi connectivity index (χ3n) is 5.80. The minimum atomic E-state index is -0.145. The molecule has 5 nitrogen and oxygen atoms in total. The van der Waals surface area contributed by atoms with Crippen molar-refractivity contribution in [3.05, 3.63) is 83.7 Å². The first kappa shape index (κ1) is 20.1. The minimum absolute atomic E-state index is 0.145. The summed E-state index contributed by atoms with van der Waals surface area (Å²) in [5.41, 5.74) is 7.37. The summed E-state index contributed by atoms with van der Waals surface area (Å²) in [6.45, 7) is 7.32. The van der Waals surface area contributed by atoms with Gasteiger partial charge in [0.25, 0.3) is 0 Å². The standard InChI is InChI=1S/C25H27N3O2/c1-18-5-3-4-6-22(18)25(19(2)27-29)23-11-12-26-17-24(23)20-7-9-21(10-8-20)28-13-15-30-16-14-28/h3-12,17,25,29H,13-16H2,1-2H3. The maximum Gasteiger partial charge on any atom is 0.0658 e. The van der Waals surface area contributed by atoms with Gasteiger partial charge in [0.15, 0.2) is 0 Å². The molecule has 1 aliphatic rings. The van der Waals surface area contributed by atoms with E-state index >= 15 is 0 Å². The number of hydrogen-bond acceptors (Lipinski definition) is 5. The molecule has 5 heteroatoms. The van der Waals surface area contributed by atoms with Gasteiger partial charge in [0.1, 0.15) is 0 Å². The number of aromatic nitrogens is 1. The molecular formula is C25H27N3O2. The summed E-state index contributed by atoms with van der Waals surface area (Å²) in [5, 5.41) is 13.2. The highest BCUT2D eigenvalue weighted by Crippen LogP contribution is 2.36. The van der Waals surface area contributed by atoms with Crippen molar-refractivity contribution in [2.45, 2.75) is 19.8 Å². The third-order valence-corrected chi connectivity index (χ3v) is 5.80. The molecule has 2 heterocycles. The summed E-state index contributed by atoms with van der Waals surface area (Å²) in [5.74, 6) is -0.145. The van der Waals surface area contributed by atoms with Crippen molar-refractivity contribution in [2.24, 2.45) is 5.16 Å².